The molecule has 0 aromatic heterocycles. The summed E-state index contributed by atoms with van der Waals surface area (Å²) in [6, 6.07) is 3.72. The highest BCUT2D eigenvalue weighted by molar-refractivity contribution is 5.18. The zero-order chi connectivity index (χ0) is 12.7. The second-order valence-corrected chi connectivity index (χ2v) is 4.32. The van der Waals surface area contributed by atoms with Gasteiger partial charge in [0.2, 0.25) is 0 Å². The van der Waals surface area contributed by atoms with E-state index in [1.54, 1.807) is 0 Å². The quantitative estimate of drug-likeness (QED) is 0.744. The van der Waals surface area contributed by atoms with E-state index in [4.69, 9.17) is 5.73 Å². The number of unbranched alkanes of at least 4 members (excludes halogenated alkanes) is 2. The molecule has 96 valence electrons. The number of hydrogen-bond donors (Lipinski definition) is 1. The van der Waals surface area contributed by atoms with Crippen molar-refractivity contribution in [3.05, 3.63) is 35.4 Å². The Kier molecular flexibility index (Phi) is 6.08. The molecule has 4 heteroatoms. The van der Waals surface area contributed by atoms with E-state index in [1.165, 1.54) is 12.1 Å². The van der Waals surface area contributed by atoms with Gasteiger partial charge in [-0.1, -0.05) is 12.5 Å². The molecule has 0 heterocycles. The Labute approximate surface area is 101 Å². The molecule has 0 atom stereocenters. The summed E-state index contributed by atoms with van der Waals surface area (Å²) in [6.45, 7) is 2.13. The van der Waals surface area contributed by atoms with E-state index >= 15 is 0 Å². The molecule has 1 rings (SSSR count). The number of nitrogens with zero attached hydrogens (tertiary/aromatic N) is 1. The second kappa shape index (κ2) is 7.35. The molecule has 0 aliphatic carbocycles. The van der Waals surface area contributed by atoms with Crippen LogP contribution in [0.25, 0.3) is 0 Å². The lowest BCUT2D eigenvalue weighted by Gasteiger charge is -2.16. The van der Waals surface area contributed by atoms with Crippen LogP contribution in [0.15, 0.2) is 18.2 Å². The topological polar surface area (TPSA) is 29.3 Å². The van der Waals surface area contributed by atoms with Crippen LogP contribution in [0.1, 0.15) is 24.8 Å². The van der Waals surface area contributed by atoms with Crippen LogP contribution in [0, 0.1) is 11.6 Å². The number of hydrogen-bond acceptors (Lipinski definition) is 2. The molecule has 1 aromatic rings. The lowest BCUT2D eigenvalue weighted by molar-refractivity contribution is 0.312. The summed E-state index contributed by atoms with van der Waals surface area (Å²) < 4.78 is 26.1. The minimum absolute atomic E-state index is 0.473. The summed E-state index contributed by atoms with van der Waals surface area (Å²) in [7, 11) is 1.94. The van der Waals surface area contributed by atoms with Gasteiger partial charge in [-0.15, -0.1) is 0 Å². The molecule has 0 saturated heterocycles. The maximum atomic E-state index is 13.4. The van der Waals surface area contributed by atoms with Crippen molar-refractivity contribution in [1.82, 2.24) is 4.90 Å². The van der Waals surface area contributed by atoms with Gasteiger partial charge in [-0.25, -0.2) is 8.78 Å². The van der Waals surface area contributed by atoms with Gasteiger partial charge < -0.3 is 10.6 Å². The number of halogens is 2. The zero-order valence-corrected chi connectivity index (χ0v) is 10.3. The summed E-state index contributed by atoms with van der Waals surface area (Å²) in [6.07, 6.45) is 3.17. The largest absolute Gasteiger partial charge is 0.330 e. The molecular weight excluding hydrogens is 222 g/mol. The standard InChI is InChI=1S/C13H20F2N2/c1-17(8-4-2-3-7-16)10-11-5-6-12(14)9-13(11)15/h5-6,9H,2-4,7-8,10,16H2,1H3. The van der Waals surface area contributed by atoms with Crippen molar-refractivity contribution in [2.24, 2.45) is 5.73 Å². The molecule has 0 spiro atoms. The van der Waals surface area contributed by atoms with E-state index in [1.807, 2.05) is 11.9 Å². The minimum atomic E-state index is -0.531. The Hall–Kier alpha value is -1.00. The van der Waals surface area contributed by atoms with E-state index in [0.29, 0.717) is 12.1 Å². The third kappa shape index (κ3) is 5.24. The molecule has 2 N–H and O–H groups in total. The molecule has 0 aliphatic rings. The predicted octanol–water partition coefficient (Wildman–Crippen LogP) is 2.53. The van der Waals surface area contributed by atoms with Crippen LogP contribution in [-0.2, 0) is 6.54 Å². The van der Waals surface area contributed by atoms with Gasteiger partial charge in [0.1, 0.15) is 11.6 Å². The van der Waals surface area contributed by atoms with Gasteiger partial charge in [0, 0.05) is 18.2 Å². The summed E-state index contributed by atoms with van der Waals surface area (Å²) in [4.78, 5) is 2.03. The van der Waals surface area contributed by atoms with Crippen LogP contribution in [0.5, 0.6) is 0 Å². The molecule has 0 aliphatic heterocycles. The van der Waals surface area contributed by atoms with E-state index in [0.717, 1.165) is 38.4 Å². The van der Waals surface area contributed by atoms with Gasteiger partial charge in [-0.2, -0.15) is 0 Å². The Morgan fingerprint density at radius 1 is 1.18 bits per heavy atom. The van der Waals surface area contributed by atoms with Crippen LogP contribution in [-0.4, -0.2) is 25.0 Å². The van der Waals surface area contributed by atoms with Gasteiger partial charge >= 0.3 is 0 Å². The molecule has 0 saturated carbocycles. The monoisotopic (exact) mass is 242 g/mol. The highest BCUT2D eigenvalue weighted by Crippen LogP contribution is 2.11. The maximum Gasteiger partial charge on any atom is 0.130 e. The van der Waals surface area contributed by atoms with Crippen molar-refractivity contribution >= 4 is 0 Å². The second-order valence-electron chi connectivity index (χ2n) is 4.32. The first kappa shape index (κ1) is 14.1. The van der Waals surface area contributed by atoms with Crippen LogP contribution in [0.3, 0.4) is 0 Å². The SMILES string of the molecule is CN(CCCCCN)Cc1ccc(F)cc1F. The average molecular weight is 242 g/mol. The van der Waals surface area contributed by atoms with Gasteiger partial charge in [-0.05, 0) is 39.0 Å². The number of benzene rings is 1. The Morgan fingerprint density at radius 2 is 1.94 bits per heavy atom. The minimum Gasteiger partial charge on any atom is -0.330 e. The van der Waals surface area contributed by atoms with Crippen LogP contribution < -0.4 is 5.73 Å². The van der Waals surface area contributed by atoms with Crippen molar-refractivity contribution in [3.8, 4) is 0 Å². The fourth-order valence-electron chi connectivity index (χ4n) is 1.72. The summed E-state index contributed by atoms with van der Waals surface area (Å²) >= 11 is 0. The fraction of sp³-hybridized carbons (Fsp3) is 0.538. The molecule has 2 nitrogen and oxygen atoms in total. The molecule has 0 fully saturated rings. The molecule has 17 heavy (non-hydrogen) atoms. The van der Waals surface area contributed by atoms with Crippen molar-refractivity contribution in [2.75, 3.05) is 20.1 Å². The Morgan fingerprint density at radius 3 is 2.59 bits per heavy atom. The molecular formula is C13H20F2N2. The summed E-state index contributed by atoms with van der Waals surface area (Å²) in [5, 5.41) is 0. The first-order valence-electron chi connectivity index (χ1n) is 5.96. The Bertz CT molecular complexity index is 342. The van der Waals surface area contributed by atoms with Crippen molar-refractivity contribution < 1.29 is 8.78 Å². The van der Waals surface area contributed by atoms with E-state index in [2.05, 4.69) is 0 Å². The summed E-state index contributed by atoms with van der Waals surface area (Å²) in [5.41, 5.74) is 5.94. The van der Waals surface area contributed by atoms with E-state index in [9.17, 15) is 8.78 Å². The molecule has 0 amide bonds. The van der Waals surface area contributed by atoms with Crippen molar-refractivity contribution in [1.29, 1.82) is 0 Å². The molecule has 0 bridgehead atoms. The number of nitrogens with two attached hydrogens (primary N) is 1. The smallest absolute Gasteiger partial charge is 0.130 e. The van der Waals surface area contributed by atoms with Crippen molar-refractivity contribution in [3.63, 3.8) is 0 Å². The lowest BCUT2D eigenvalue weighted by Crippen LogP contribution is -2.20. The Balaban J connectivity index is 2.37. The normalized spacial score (nSPS) is 11.1. The first-order valence-corrected chi connectivity index (χ1v) is 5.96. The van der Waals surface area contributed by atoms with Gasteiger partial charge in [0.25, 0.3) is 0 Å². The maximum absolute atomic E-state index is 13.4. The number of rotatable bonds is 7. The first-order chi connectivity index (χ1) is 8.13. The van der Waals surface area contributed by atoms with Crippen LogP contribution in [0.2, 0.25) is 0 Å². The van der Waals surface area contributed by atoms with Gasteiger partial charge in [0.05, 0.1) is 0 Å². The van der Waals surface area contributed by atoms with Crippen LogP contribution in [0.4, 0.5) is 8.78 Å². The zero-order valence-electron chi connectivity index (χ0n) is 10.3. The highest BCUT2D eigenvalue weighted by atomic mass is 19.1. The molecule has 1 aromatic carbocycles. The van der Waals surface area contributed by atoms with Crippen molar-refractivity contribution in [2.45, 2.75) is 25.8 Å². The molecule has 0 unspecified atom stereocenters. The third-order valence-corrected chi connectivity index (χ3v) is 2.70. The molecule has 0 radical (unpaired) electrons. The van der Waals surface area contributed by atoms with E-state index < -0.39 is 11.6 Å². The van der Waals surface area contributed by atoms with Gasteiger partial charge in [-0.3, -0.25) is 0 Å². The van der Waals surface area contributed by atoms with Crippen LogP contribution >= 0.6 is 0 Å². The van der Waals surface area contributed by atoms with E-state index in [-0.39, 0.29) is 0 Å². The predicted molar refractivity (Wildman–Crippen MR) is 65.6 cm³/mol. The average Bonchev–Trinajstić information content (AvgIpc) is 2.28. The third-order valence-electron chi connectivity index (χ3n) is 2.70. The fourth-order valence-corrected chi connectivity index (χ4v) is 1.72. The highest BCUT2D eigenvalue weighted by Gasteiger charge is 2.06. The lowest BCUT2D eigenvalue weighted by atomic mass is 10.2. The van der Waals surface area contributed by atoms with Gasteiger partial charge in [0.15, 0.2) is 0 Å². The summed E-state index contributed by atoms with van der Waals surface area (Å²) in [5.74, 6) is -1.00.